The van der Waals surface area contributed by atoms with Gasteiger partial charge in [0, 0.05) is 25.5 Å². The van der Waals surface area contributed by atoms with Crippen molar-refractivity contribution in [3.05, 3.63) is 52.5 Å². The molecular formula is C20H17BrF3N5O2. The summed E-state index contributed by atoms with van der Waals surface area (Å²) in [4.78, 5) is 23.0. The molecule has 7 nitrogen and oxygen atoms in total. The van der Waals surface area contributed by atoms with Crippen LogP contribution in [-0.4, -0.2) is 49.8 Å². The minimum absolute atomic E-state index is 0.0272. The Labute approximate surface area is 183 Å². The lowest BCUT2D eigenvalue weighted by atomic mass is 9.95. The second kappa shape index (κ2) is 7.47. The minimum atomic E-state index is -4.72. The maximum atomic E-state index is 12.9. The van der Waals surface area contributed by atoms with Crippen LogP contribution in [0.1, 0.15) is 34.9 Å². The number of amides is 1. The molecule has 1 saturated heterocycles. The Morgan fingerprint density at radius 3 is 2.58 bits per heavy atom. The summed E-state index contributed by atoms with van der Waals surface area (Å²) in [5.41, 5.74) is 0.575. The Hall–Kier alpha value is -2.69. The Bertz CT molecular complexity index is 1140. The number of halogens is 4. The number of fused-ring (bicyclic) bond motifs is 2. The Morgan fingerprint density at radius 2 is 1.87 bits per heavy atom. The number of benzene rings is 1. The number of rotatable bonds is 3. The van der Waals surface area contributed by atoms with Crippen molar-refractivity contribution in [1.29, 1.82) is 0 Å². The number of ether oxygens (including phenoxy) is 1. The highest BCUT2D eigenvalue weighted by Gasteiger charge is 2.44. The molecule has 0 bridgehead atoms. The average molecular weight is 496 g/mol. The quantitative estimate of drug-likeness (QED) is 0.547. The highest BCUT2D eigenvalue weighted by Crippen LogP contribution is 2.48. The second-order valence-corrected chi connectivity index (χ2v) is 8.85. The molecule has 0 spiro atoms. The van der Waals surface area contributed by atoms with Gasteiger partial charge < -0.3 is 9.64 Å². The van der Waals surface area contributed by atoms with Gasteiger partial charge in [-0.3, -0.25) is 4.79 Å². The van der Waals surface area contributed by atoms with Crippen molar-refractivity contribution in [3.8, 4) is 5.75 Å². The number of alkyl halides is 3. The van der Waals surface area contributed by atoms with Gasteiger partial charge in [-0.25, -0.2) is 9.50 Å². The van der Waals surface area contributed by atoms with Crippen molar-refractivity contribution in [1.82, 2.24) is 24.5 Å². The van der Waals surface area contributed by atoms with E-state index in [1.807, 2.05) is 0 Å². The van der Waals surface area contributed by atoms with Gasteiger partial charge in [0.2, 0.25) is 5.82 Å². The van der Waals surface area contributed by atoms with E-state index in [4.69, 9.17) is 0 Å². The van der Waals surface area contributed by atoms with Crippen LogP contribution in [0.2, 0.25) is 0 Å². The van der Waals surface area contributed by atoms with E-state index in [1.165, 1.54) is 16.6 Å². The highest BCUT2D eigenvalue weighted by atomic mass is 79.9. The molecule has 3 heterocycles. The number of hydrogen-bond acceptors (Lipinski definition) is 5. The number of carbonyl (C=O) groups excluding carboxylic acids is 1. The van der Waals surface area contributed by atoms with Gasteiger partial charge in [0.1, 0.15) is 5.75 Å². The fourth-order valence-corrected chi connectivity index (χ4v) is 5.04. The average Bonchev–Trinajstić information content (AvgIpc) is 3.38. The van der Waals surface area contributed by atoms with E-state index in [2.05, 4.69) is 35.7 Å². The van der Waals surface area contributed by atoms with Crippen molar-refractivity contribution in [3.63, 3.8) is 0 Å². The molecule has 2 aliphatic rings. The standard InChI is InChI=1S/C20H17BrF3N5O2/c21-14-7-25-19-26-17(27-29(19)10-14)18(30)28-8-12-5-11(6-13(12)9-28)15-3-1-2-4-16(15)31-20(22,23)24/h1-4,7,10-13H,5-6,8-9H2/t11?,12-,13+. The lowest BCUT2D eigenvalue weighted by molar-refractivity contribution is -0.275. The molecule has 0 N–H and O–H groups in total. The number of likely N-dealkylation sites (tertiary alicyclic amines) is 1. The lowest BCUT2D eigenvalue weighted by Gasteiger charge is -2.20. The van der Waals surface area contributed by atoms with Crippen molar-refractivity contribution >= 4 is 27.6 Å². The first-order valence-corrected chi connectivity index (χ1v) is 10.6. The zero-order valence-corrected chi connectivity index (χ0v) is 17.7. The number of para-hydroxylation sites is 1. The van der Waals surface area contributed by atoms with Crippen LogP contribution in [0.3, 0.4) is 0 Å². The zero-order valence-electron chi connectivity index (χ0n) is 16.1. The van der Waals surface area contributed by atoms with Crippen LogP contribution in [0.15, 0.2) is 41.1 Å². The molecule has 5 rings (SSSR count). The van der Waals surface area contributed by atoms with Crippen LogP contribution >= 0.6 is 15.9 Å². The number of aromatic nitrogens is 4. The first-order chi connectivity index (χ1) is 14.8. The SMILES string of the molecule is O=C(c1nc2ncc(Br)cn2n1)N1C[C@H]2CC(c3ccccc3OC(F)(F)F)C[C@H]2C1. The molecular weight excluding hydrogens is 479 g/mol. The van der Waals surface area contributed by atoms with E-state index in [1.54, 1.807) is 29.4 Å². The van der Waals surface area contributed by atoms with Crippen molar-refractivity contribution < 1.29 is 22.7 Å². The molecule has 0 radical (unpaired) electrons. The molecule has 1 unspecified atom stereocenters. The maximum absolute atomic E-state index is 12.9. The Morgan fingerprint density at radius 1 is 1.16 bits per heavy atom. The number of hydrogen-bond donors (Lipinski definition) is 0. The molecule has 11 heteroatoms. The second-order valence-electron chi connectivity index (χ2n) is 7.94. The van der Waals surface area contributed by atoms with E-state index in [0.29, 0.717) is 37.3 Å². The molecule has 1 aliphatic carbocycles. The van der Waals surface area contributed by atoms with Gasteiger partial charge in [-0.1, -0.05) is 18.2 Å². The third-order valence-electron chi connectivity index (χ3n) is 5.98. The van der Waals surface area contributed by atoms with E-state index in [-0.39, 0.29) is 35.2 Å². The van der Waals surface area contributed by atoms with Crippen molar-refractivity contribution in [2.24, 2.45) is 11.8 Å². The summed E-state index contributed by atoms with van der Waals surface area (Å²) in [5.74, 6) is 0.447. The smallest absolute Gasteiger partial charge is 0.405 e. The molecule has 1 saturated carbocycles. The summed E-state index contributed by atoms with van der Waals surface area (Å²) < 4.78 is 44.7. The number of carbonyl (C=O) groups is 1. The number of nitrogens with zero attached hydrogens (tertiary/aromatic N) is 5. The summed E-state index contributed by atoms with van der Waals surface area (Å²) in [6.07, 6.45) is -0.0478. The minimum Gasteiger partial charge on any atom is -0.405 e. The van der Waals surface area contributed by atoms with Gasteiger partial charge in [-0.2, -0.15) is 4.98 Å². The molecule has 2 aromatic heterocycles. The van der Waals surface area contributed by atoms with Crippen LogP contribution in [0, 0.1) is 11.8 Å². The van der Waals surface area contributed by atoms with E-state index < -0.39 is 6.36 Å². The monoisotopic (exact) mass is 495 g/mol. The normalized spacial score (nSPS) is 23.4. The summed E-state index contributed by atoms with van der Waals surface area (Å²) in [7, 11) is 0. The van der Waals surface area contributed by atoms with Gasteiger partial charge in [0.15, 0.2) is 0 Å². The van der Waals surface area contributed by atoms with Crippen molar-refractivity contribution in [2.75, 3.05) is 13.1 Å². The predicted molar refractivity (Wildman–Crippen MR) is 106 cm³/mol. The predicted octanol–water partition coefficient (Wildman–Crippen LogP) is 4.05. The van der Waals surface area contributed by atoms with Crippen LogP contribution in [0.25, 0.3) is 5.78 Å². The van der Waals surface area contributed by atoms with Crippen LogP contribution < -0.4 is 4.74 Å². The van der Waals surface area contributed by atoms with Gasteiger partial charge >= 0.3 is 6.36 Å². The maximum Gasteiger partial charge on any atom is 0.573 e. The van der Waals surface area contributed by atoms with Gasteiger partial charge in [0.05, 0.1) is 4.47 Å². The van der Waals surface area contributed by atoms with E-state index >= 15 is 0 Å². The highest BCUT2D eigenvalue weighted by molar-refractivity contribution is 9.10. The van der Waals surface area contributed by atoms with Crippen LogP contribution in [0.5, 0.6) is 5.75 Å². The molecule has 1 aromatic carbocycles. The Balaban J connectivity index is 1.28. The fraction of sp³-hybridized carbons (Fsp3) is 0.400. The zero-order chi connectivity index (χ0) is 21.8. The third kappa shape index (κ3) is 3.98. The fourth-order valence-electron chi connectivity index (χ4n) is 4.75. The largest absolute Gasteiger partial charge is 0.573 e. The topological polar surface area (TPSA) is 72.6 Å². The lowest BCUT2D eigenvalue weighted by Crippen LogP contribution is -2.30. The summed E-state index contributed by atoms with van der Waals surface area (Å²) >= 11 is 3.31. The van der Waals surface area contributed by atoms with E-state index in [9.17, 15) is 18.0 Å². The summed E-state index contributed by atoms with van der Waals surface area (Å²) in [6, 6.07) is 6.32. The Kier molecular flexibility index (Phi) is 4.87. The van der Waals surface area contributed by atoms with E-state index in [0.717, 1.165) is 4.47 Å². The van der Waals surface area contributed by atoms with Gasteiger partial charge in [-0.15, -0.1) is 18.3 Å². The van der Waals surface area contributed by atoms with Gasteiger partial charge in [0.25, 0.3) is 11.7 Å². The molecule has 3 aromatic rings. The van der Waals surface area contributed by atoms with Gasteiger partial charge in [-0.05, 0) is 58.2 Å². The molecule has 3 atom stereocenters. The molecule has 1 aliphatic heterocycles. The summed E-state index contributed by atoms with van der Waals surface area (Å²) in [6.45, 7) is 1.07. The summed E-state index contributed by atoms with van der Waals surface area (Å²) in [5, 5.41) is 4.22. The van der Waals surface area contributed by atoms with Crippen LogP contribution in [0.4, 0.5) is 13.2 Å². The molecule has 162 valence electrons. The molecule has 2 fully saturated rings. The first-order valence-electron chi connectivity index (χ1n) is 9.78. The first kappa shape index (κ1) is 20.2. The molecule has 1 amide bonds. The van der Waals surface area contributed by atoms with Crippen LogP contribution in [-0.2, 0) is 0 Å². The third-order valence-corrected chi connectivity index (χ3v) is 6.39. The van der Waals surface area contributed by atoms with Crippen molar-refractivity contribution in [2.45, 2.75) is 25.1 Å². The molecule has 31 heavy (non-hydrogen) atoms.